The van der Waals surface area contributed by atoms with E-state index in [0.29, 0.717) is 0 Å². The number of methoxy groups -OCH3 is 2. The van der Waals surface area contributed by atoms with Crippen LogP contribution < -0.4 is 9.47 Å². The van der Waals surface area contributed by atoms with Gasteiger partial charge in [0.1, 0.15) is 5.02 Å². The molecule has 1 aromatic carbocycles. The third-order valence-corrected chi connectivity index (χ3v) is 2.38. The van der Waals surface area contributed by atoms with Crippen LogP contribution >= 0.6 is 11.6 Å². The fourth-order valence-electron chi connectivity index (χ4n) is 1.27. The van der Waals surface area contributed by atoms with Crippen LogP contribution in [0.5, 0.6) is 11.5 Å². The molecule has 8 heteroatoms. The molecule has 1 rings (SSSR count). The molecule has 0 aliphatic carbocycles. The number of rotatable bonds is 4. The van der Waals surface area contributed by atoms with Gasteiger partial charge in [-0.2, -0.15) is 0 Å². The van der Waals surface area contributed by atoms with Crippen LogP contribution in [0.25, 0.3) is 0 Å². The fraction of sp³-hybridized carbons (Fsp3) is 0.222. The van der Waals surface area contributed by atoms with E-state index < -0.39 is 27.2 Å². The van der Waals surface area contributed by atoms with Crippen LogP contribution in [-0.4, -0.2) is 30.2 Å². The van der Waals surface area contributed by atoms with Crippen LogP contribution in [0, 0.1) is 10.1 Å². The number of carboxylic acid groups (broad SMARTS) is 1. The number of nitro benzene ring substituents is 1. The molecule has 1 N–H and O–H groups in total. The van der Waals surface area contributed by atoms with E-state index in [1.807, 2.05) is 0 Å². The van der Waals surface area contributed by atoms with E-state index in [1.165, 1.54) is 14.2 Å². The summed E-state index contributed by atoms with van der Waals surface area (Å²) in [5.74, 6) is -1.67. The lowest BCUT2D eigenvalue weighted by atomic mass is 10.1. The number of hydrogen-bond donors (Lipinski definition) is 1. The molecule has 0 unspecified atom stereocenters. The van der Waals surface area contributed by atoms with Crippen molar-refractivity contribution in [1.82, 2.24) is 0 Å². The van der Waals surface area contributed by atoms with Gasteiger partial charge in [-0.3, -0.25) is 10.1 Å². The average molecular weight is 262 g/mol. The Morgan fingerprint density at radius 2 is 2.06 bits per heavy atom. The number of nitrogens with zero attached hydrogens (tertiary/aromatic N) is 1. The molecule has 0 spiro atoms. The third-order valence-electron chi connectivity index (χ3n) is 2.00. The van der Waals surface area contributed by atoms with Crippen molar-refractivity contribution in [3.05, 3.63) is 26.8 Å². The number of halogens is 1. The number of benzene rings is 1. The molecular weight excluding hydrogens is 254 g/mol. The number of ether oxygens (including phenoxy) is 2. The summed E-state index contributed by atoms with van der Waals surface area (Å²) in [6.45, 7) is 0. The van der Waals surface area contributed by atoms with Crippen molar-refractivity contribution >= 4 is 23.3 Å². The Balaban J connectivity index is 3.69. The summed E-state index contributed by atoms with van der Waals surface area (Å²) in [7, 11) is 2.43. The zero-order chi connectivity index (χ0) is 13.2. The standard InChI is InChI=1S/C9H8ClNO6/c1-16-5-3-4(9(12)13)6(10)7(11(14)15)8(5)17-2/h3H,1-2H3,(H,12,13). The van der Waals surface area contributed by atoms with Gasteiger partial charge in [-0.25, -0.2) is 4.79 Å². The summed E-state index contributed by atoms with van der Waals surface area (Å²) in [4.78, 5) is 20.9. The van der Waals surface area contributed by atoms with Gasteiger partial charge >= 0.3 is 11.7 Å². The third kappa shape index (κ3) is 2.23. The van der Waals surface area contributed by atoms with Crippen molar-refractivity contribution < 1.29 is 24.3 Å². The molecule has 92 valence electrons. The molecule has 0 radical (unpaired) electrons. The second-order valence-electron chi connectivity index (χ2n) is 2.88. The van der Waals surface area contributed by atoms with Gasteiger partial charge in [0.05, 0.1) is 24.7 Å². The molecule has 0 saturated heterocycles. The maximum absolute atomic E-state index is 10.9. The Kier molecular flexibility index (Phi) is 3.74. The van der Waals surface area contributed by atoms with Gasteiger partial charge in [0.2, 0.25) is 5.75 Å². The number of hydrogen-bond acceptors (Lipinski definition) is 5. The number of carboxylic acids is 1. The van der Waals surface area contributed by atoms with Gasteiger partial charge in [0.15, 0.2) is 5.75 Å². The fourth-order valence-corrected chi connectivity index (χ4v) is 1.56. The quantitative estimate of drug-likeness (QED) is 0.657. The predicted molar refractivity (Wildman–Crippen MR) is 58.2 cm³/mol. The molecular formula is C9H8ClNO6. The van der Waals surface area contributed by atoms with Crippen molar-refractivity contribution in [2.75, 3.05) is 14.2 Å². The first-order valence-electron chi connectivity index (χ1n) is 4.26. The molecule has 0 bridgehead atoms. The van der Waals surface area contributed by atoms with Gasteiger partial charge in [-0.15, -0.1) is 0 Å². The Labute approximate surface area is 101 Å². The first-order chi connectivity index (χ1) is 7.93. The molecule has 0 aliphatic rings. The minimum atomic E-state index is -1.39. The summed E-state index contributed by atoms with van der Waals surface area (Å²) >= 11 is 5.65. The highest BCUT2D eigenvalue weighted by molar-refractivity contribution is 6.36. The lowest BCUT2D eigenvalue weighted by Crippen LogP contribution is -2.04. The molecule has 7 nitrogen and oxygen atoms in total. The Morgan fingerprint density at radius 3 is 2.41 bits per heavy atom. The molecule has 1 aromatic rings. The molecule has 0 amide bonds. The van der Waals surface area contributed by atoms with Crippen LogP contribution in [0.1, 0.15) is 10.4 Å². The van der Waals surface area contributed by atoms with Crippen molar-refractivity contribution in [3.8, 4) is 11.5 Å². The first-order valence-corrected chi connectivity index (χ1v) is 4.64. The molecule has 17 heavy (non-hydrogen) atoms. The Morgan fingerprint density at radius 1 is 1.47 bits per heavy atom. The zero-order valence-electron chi connectivity index (χ0n) is 8.89. The van der Waals surface area contributed by atoms with Crippen molar-refractivity contribution in [1.29, 1.82) is 0 Å². The number of nitro groups is 1. The minimum Gasteiger partial charge on any atom is -0.493 e. The van der Waals surface area contributed by atoms with E-state index in [1.54, 1.807) is 0 Å². The summed E-state index contributed by atoms with van der Waals surface area (Å²) < 4.78 is 9.62. The molecule has 0 aromatic heterocycles. The molecule has 0 saturated carbocycles. The van der Waals surface area contributed by atoms with Gasteiger partial charge in [-0.05, 0) is 0 Å². The highest BCUT2D eigenvalue weighted by atomic mass is 35.5. The van der Waals surface area contributed by atoms with E-state index in [-0.39, 0.29) is 11.5 Å². The van der Waals surface area contributed by atoms with Gasteiger partial charge < -0.3 is 14.6 Å². The lowest BCUT2D eigenvalue weighted by molar-refractivity contribution is -0.385. The van der Waals surface area contributed by atoms with Crippen LogP contribution in [0.3, 0.4) is 0 Å². The largest absolute Gasteiger partial charge is 0.493 e. The maximum Gasteiger partial charge on any atom is 0.337 e. The van der Waals surface area contributed by atoms with Gasteiger partial charge in [0.25, 0.3) is 0 Å². The number of aromatic carboxylic acids is 1. The molecule has 0 atom stereocenters. The molecule has 0 fully saturated rings. The summed E-state index contributed by atoms with van der Waals surface area (Å²) in [6, 6.07) is 1.07. The summed E-state index contributed by atoms with van der Waals surface area (Å²) in [5.41, 5.74) is -1.05. The van der Waals surface area contributed by atoms with Gasteiger partial charge in [0, 0.05) is 6.07 Å². The van der Waals surface area contributed by atoms with Crippen LogP contribution in [0.15, 0.2) is 6.07 Å². The van der Waals surface area contributed by atoms with Crippen LogP contribution in [-0.2, 0) is 0 Å². The molecule has 0 aliphatic heterocycles. The summed E-state index contributed by atoms with van der Waals surface area (Å²) in [5, 5.41) is 19.2. The van der Waals surface area contributed by atoms with E-state index in [0.717, 1.165) is 6.07 Å². The van der Waals surface area contributed by atoms with Crippen molar-refractivity contribution in [3.63, 3.8) is 0 Å². The second-order valence-corrected chi connectivity index (χ2v) is 3.26. The minimum absolute atomic E-state index is 0.0685. The lowest BCUT2D eigenvalue weighted by Gasteiger charge is -2.10. The Bertz CT molecular complexity index is 487. The number of carbonyl (C=O) groups is 1. The maximum atomic E-state index is 10.9. The highest BCUT2D eigenvalue weighted by Crippen LogP contribution is 2.44. The van der Waals surface area contributed by atoms with Crippen LogP contribution in [0.4, 0.5) is 5.69 Å². The van der Waals surface area contributed by atoms with Gasteiger partial charge in [-0.1, -0.05) is 11.6 Å². The van der Waals surface area contributed by atoms with Crippen molar-refractivity contribution in [2.45, 2.75) is 0 Å². The topological polar surface area (TPSA) is 98.9 Å². The zero-order valence-corrected chi connectivity index (χ0v) is 9.65. The first kappa shape index (κ1) is 13.0. The monoisotopic (exact) mass is 261 g/mol. The van der Waals surface area contributed by atoms with E-state index in [9.17, 15) is 14.9 Å². The van der Waals surface area contributed by atoms with Crippen LogP contribution in [0.2, 0.25) is 5.02 Å². The SMILES string of the molecule is COc1cc(C(=O)O)c(Cl)c([N+](=O)[O-])c1OC. The average Bonchev–Trinajstić information content (AvgIpc) is 2.26. The summed E-state index contributed by atoms with van der Waals surface area (Å²) in [6.07, 6.45) is 0. The molecule has 0 heterocycles. The normalized spacial score (nSPS) is 9.82. The smallest absolute Gasteiger partial charge is 0.337 e. The van der Waals surface area contributed by atoms with E-state index >= 15 is 0 Å². The predicted octanol–water partition coefficient (Wildman–Crippen LogP) is 1.96. The second kappa shape index (κ2) is 4.88. The van der Waals surface area contributed by atoms with Crippen molar-refractivity contribution in [2.24, 2.45) is 0 Å². The van der Waals surface area contributed by atoms with E-state index in [2.05, 4.69) is 0 Å². The van der Waals surface area contributed by atoms with E-state index in [4.69, 9.17) is 26.2 Å². The Hall–Kier alpha value is -2.02. The highest BCUT2D eigenvalue weighted by Gasteiger charge is 2.29.